The number of hydrogen-bond donors (Lipinski definition) is 2. The fourth-order valence-corrected chi connectivity index (χ4v) is 1.82. The molecule has 0 radical (unpaired) electrons. The first kappa shape index (κ1) is 14.5. The molecule has 0 aromatic carbocycles. The predicted octanol–water partition coefficient (Wildman–Crippen LogP) is 1.16. The van der Waals surface area contributed by atoms with Crippen molar-refractivity contribution in [3.63, 3.8) is 0 Å². The Balaban J connectivity index is 2.06. The molecule has 0 saturated heterocycles. The molecule has 1 atom stereocenters. The number of carbonyl (C=O) groups is 1. The predicted molar refractivity (Wildman–Crippen MR) is 68.9 cm³/mol. The Morgan fingerprint density at radius 2 is 2.12 bits per heavy atom. The molecule has 4 nitrogen and oxygen atoms in total. The third-order valence-corrected chi connectivity index (χ3v) is 3.00. The molecule has 1 saturated carbocycles. The van der Waals surface area contributed by atoms with Gasteiger partial charge in [-0.05, 0) is 24.7 Å². The van der Waals surface area contributed by atoms with Crippen LogP contribution in [0.4, 0.5) is 0 Å². The Bertz CT molecular complexity index is 227. The fourth-order valence-electron chi connectivity index (χ4n) is 1.82. The van der Waals surface area contributed by atoms with E-state index in [4.69, 9.17) is 4.74 Å². The summed E-state index contributed by atoms with van der Waals surface area (Å²) in [5.74, 6) is 1.41. The van der Waals surface area contributed by atoms with Crippen LogP contribution in [-0.4, -0.2) is 38.8 Å². The Morgan fingerprint density at radius 1 is 1.41 bits per heavy atom. The zero-order chi connectivity index (χ0) is 12.7. The summed E-state index contributed by atoms with van der Waals surface area (Å²) in [6.45, 7) is 6.45. The molecule has 17 heavy (non-hydrogen) atoms. The second kappa shape index (κ2) is 7.67. The van der Waals surface area contributed by atoms with Crippen LogP contribution in [0.15, 0.2) is 0 Å². The van der Waals surface area contributed by atoms with Gasteiger partial charge in [0.2, 0.25) is 5.91 Å². The lowest BCUT2D eigenvalue weighted by Gasteiger charge is -2.17. The van der Waals surface area contributed by atoms with E-state index in [0.29, 0.717) is 18.4 Å². The highest BCUT2D eigenvalue weighted by Crippen LogP contribution is 2.32. The highest BCUT2D eigenvalue weighted by Gasteiger charge is 2.30. The maximum atomic E-state index is 11.5. The lowest BCUT2D eigenvalue weighted by Crippen LogP contribution is -2.38. The van der Waals surface area contributed by atoms with Crippen molar-refractivity contribution in [3.8, 4) is 0 Å². The number of nitrogens with one attached hydrogen (secondary N) is 2. The molecule has 0 aromatic rings. The van der Waals surface area contributed by atoms with E-state index in [1.165, 1.54) is 12.8 Å². The molecule has 0 heterocycles. The highest BCUT2D eigenvalue weighted by molar-refractivity contribution is 5.76. The van der Waals surface area contributed by atoms with Gasteiger partial charge in [0.1, 0.15) is 0 Å². The summed E-state index contributed by atoms with van der Waals surface area (Å²) in [6, 6.07) is 0.429. The molecule has 1 aliphatic carbocycles. The minimum atomic E-state index is 0.137. The maximum Gasteiger partial charge on any atom is 0.221 e. The Hall–Kier alpha value is -0.610. The van der Waals surface area contributed by atoms with Gasteiger partial charge in [0.05, 0.1) is 6.61 Å². The Labute approximate surface area is 104 Å². The van der Waals surface area contributed by atoms with Gasteiger partial charge >= 0.3 is 0 Å². The number of ether oxygens (including phenoxy) is 1. The molecule has 100 valence electrons. The van der Waals surface area contributed by atoms with E-state index in [0.717, 1.165) is 25.6 Å². The first-order valence-electron chi connectivity index (χ1n) is 6.62. The SMILES string of the molecule is COCC(NCCC(=O)NCC(C)C)C1CC1. The van der Waals surface area contributed by atoms with Gasteiger partial charge in [0.25, 0.3) is 0 Å². The van der Waals surface area contributed by atoms with Crippen LogP contribution in [0.3, 0.4) is 0 Å². The molecule has 1 aliphatic rings. The molecular formula is C13H26N2O2. The first-order chi connectivity index (χ1) is 8.13. The molecule has 0 aliphatic heterocycles. The highest BCUT2D eigenvalue weighted by atomic mass is 16.5. The van der Waals surface area contributed by atoms with Gasteiger partial charge in [-0.25, -0.2) is 0 Å². The molecule has 0 spiro atoms. The van der Waals surface area contributed by atoms with Crippen molar-refractivity contribution in [2.45, 2.75) is 39.2 Å². The van der Waals surface area contributed by atoms with E-state index in [9.17, 15) is 4.79 Å². The largest absolute Gasteiger partial charge is 0.383 e. The zero-order valence-electron chi connectivity index (χ0n) is 11.3. The van der Waals surface area contributed by atoms with E-state index in [-0.39, 0.29) is 5.91 Å². The Morgan fingerprint density at radius 3 is 2.65 bits per heavy atom. The summed E-state index contributed by atoms with van der Waals surface area (Å²) < 4.78 is 5.18. The van der Waals surface area contributed by atoms with Crippen LogP contribution < -0.4 is 10.6 Å². The normalized spacial score (nSPS) is 17.2. The van der Waals surface area contributed by atoms with Gasteiger partial charge in [-0.15, -0.1) is 0 Å². The van der Waals surface area contributed by atoms with Gasteiger partial charge in [-0.2, -0.15) is 0 Å². The molecule has 1 rings (SSSR count). The van der Waals surface area contributed by atoms with Gasteiger partial charge in [-0.3, -0.25) is 4.79 Å². The second-order valence-corrected chi connectivity index (χ2v) is 5.30. The van der Waals surface area contributed by atoms with Crippen molar-refractivity contribution in [2.24, 2.45) is 11.8 Å². The lowest BCUT2D eigenvalue weighted by molar-refractivity contribution is -0.121. The van der Waals surface area contributed by atoms with E-state index < -0.39 is 0 Å². The van der Waals surface area contributed by atoms with Crippen LogP contribution in [0.1, 0.15) is 33.1 Å². The van der Waals surface area contributed by atoms with Crippen molar-refractivity contribution in [2.75, 3.05) is 26.8 Å². The summed E-state index contributed by atoms with van der Waals surface area (Å²) >= 11 is 0. The van der Waals surface area contributed by atoms with Crippen molar-refractivity contribution in [3.05, 3.63) is 0 Å². The fraction of sp³-hybridized carbons (Fsp3) is 0.923. The maximum absolute atomic E-state index is 11.5. The van der Waals surface area contributed by atoms with Crippen LogP contribution in [0, 0.1) is 11.8 Å². The van der Waals surface area contributed by atoms with E-state index in [1.807, 2.05) is 0 Å². The van der Waals surface area contributed by atoms with Gasteiger partial charge in [0, 0.05) is 32.7 Å². The summed E-state index contributed by atoms with van der Waals surface area (Å²) in [6.07, 6.45) is 3.14. The van der Waals surface area contributed by atoms with Crippen molar-refractivity contribution < 1.29 is 9.53 Å². The van der Waals surface area contributed by atoms with Crippen LogP contribution >= 0.6 is 0 Å². The third-order valence-electron chi connectivity index (χ3n) is 3.00. The molecule has 1 unspecified atom stereocenters. The molecule has 0 aromatic heterocycles. The van der Waals surface area contributed by atoms with Crippen molar-refractivity contribution in [1.82, 2.24) is 10.6 Å². The number of rotatable bonds is 9. The molecule has 1 fully saturated rings. The minimum absolute atomic E-state index is 0.137. The minimum Gasteiger partial charge on any atom is -0.383 e. The summed E-state index contributed by atoms with van der Waals surface area (Å²) in [4.78, 5) is 11.5. The first-order valence-corrected chi connectivity index (χ1v) is 6.62. The van der Waals surface area contributed by atoms with E-state index >= 15 is 0 Å². The summed E-state index contributed by atoms with van der Waals surface area (Å²) in [5, 5.41) is 6.34. The summed E-state index contributed by atoms with van der Waals surface area (Å²) in [5.41, 5.74) is 0. The summed E-state index contributed by atoms with van der Waals surface area (Å²) in [7, 11) is 1.73. The van der Waals surface area contributed by atoms with Crippen LogP contribution in [0.2, 0.25) is 0 Å². The molecule has 4 heteroatoms. The number of methoxy groups -OCH3 is 1. The van der Waals surface area contributed by atoms with Gasteiger partial charge in [-0.1, -0.05) is 13.8 Å². The number of amides is 1. The average Bonchev–Trinajstić information content (AvgIpc) is 3.09. The third kappa shape index (κ3) is 6.64. The standard InChI is InChI=1S/C13H26N2O2/c1-10(2)8-15-13(16)6-7-14-12(9-17-3)11-4-5-11/h10-12,14H,4-9H2,1-3H3,(H,15,16). The lowest BCUT2D eigenvalue weighted by atomic mass is 10.2. The Kier molecular flexibility index (Phi) is 6.52. The topological polar surface area (TPSA) is 50.4 Å². The van der Waals surface area contributed by atoms with Crippen molar-refractivity contribution in [1.29, 1.82) is 0 Å². The monoisotopic (exact) mass is 242 g/mol. The number of carbonyl (C=O) groups excluding carboxylic acids is 1. The van der Waals surface area contributed by atoms with Crippen molar-refractivity contribution >= 4 is 5.91 Å². The quantitative estimate of drug-likeness (QED) is 0.638. The molecule has 0 bridgehead atoms. The second-order valence-electron chi connectivity index (χ2n) is 5.30. The van der Waals surface area contributed by atoms with Gasteiger partial charge < -0.3 is 15.4 Å². The van der Waals surface area contributed by atoms with Crippen LogP contribution in [-0.2, 0) is 9.53 Å². The van der Waals surface area contributed by atoms with E-state index in [2.05, 4.69) is 24.5 Å². The molecule has 1 amide bonds. The average molecular weight is 242 g/mol. The van der Waals surface area contributed by atoms with Crippen LogP contribution in [0.25, 0.3) is 0 Å². The van der Waals surface area contributed by atoms with E-state index in [1.54, 1.807) is 7.11 Å². The zero-order valence-corrected chi connectivity index (χ0v) is 11.3. The molecule has 2 N–H and O–H groups in total. The smallest absolute Gasteiger partial charge is 0.221 e. The van der Waals surface area contributed by atoms with Crippen LogP contribution in [0.5, 0.6) is 0 Å². The van der Waals surface area contributed by atoms with Gasteiger partial charge in [0.15, 0.2) is 0 Å². The number of hydrogen-bond acceptors (Lipinski definition) is 3. The molecular weight excluding hydrogens is 216 g/mol.